The van der Waals surface area contributed by atoms with E-state index in [1.165, 1.54) is 6.07 Å². The van der Waals surface area contributed by atoms with Crippen LogP contribution in [0.5, 0.6) is 0 Å². The maximum Gasteiger partial charge on any atom is 0.252 e. The summed E-state index contributed by atoms with van der Waals surface area (Å²) in [6.07, 6.45) is -3.74. The summed E-state index contributed by atoms with van der Waals surface area (Å²) in [5.41, 5.74) is 4.64. The summed E-state index contributed by atoms with van der Waals surface area (Å²) in [5, 5.41) is 28.4. The highest BCUT2D eigenvalue weighted by Crippen LogP contribution is 2.28. The molecule has 8 nitrogen and oxygen atoms in total. The molecule has 0 bridgehead atoms. The highest BCUT2D eigenvalue weighted by atomic mass is 16.6. The summed E-state index contributed by atoms with van der Waals surface area (Å²) in [6.45, 7) is -0.501. The maximum atomic E-state index is 11.7. The molecule has 1 saturated heterocycles. The van der Waals surface area contributed by atoms with Crippen LogP contribution in [0.2, 0.25) is 0 Å². The van der Waals surface area contributed by atoms with Crippen molar-refractivity contribution in [3.05, 3.63) is 34.2 Å². The van der Waals surface area contributed by atoms with Crippen LogP contribution in [0.3, 0.4) is 0 Å². The number of primary amides is 1. The van der Waals surface area contributed by atoms with E-state index in [-0.39, 0.29) is 5.56 Å². The fourth-order valence-electron chi connectivity index (χ4n) is 1.96. The molecule has 19 heavy (non-hydrogen) atoms. The SMILES string of the molecule is NC(=O)c1ccc(=O)n([C@@H]2O[C@@H](CO)[C@@H](O)[C@@H]2O)c1. The fraction of sp³-hybridized carbons (Fsp3) is 0.455. The normalized spacial score (nSPS) is 30.5. The molecular formula is C11H14N2O6. The molecule has 1 aliphatic rings. The van der Waals surface area contributed by atoms with Crippen LogP contribution < -0.4 is 11.3 Å². The monoisotopic (exact) mass is 270 g/mol. The molecular weight excluding hydrogens is 256 g/mol. The molecule has 0 aliphatic carbocycles. The Hall–Kier alpha value is -1.74. The van der Waals surface area contributed by atoms with Gasteiger partial charge in [-0.1, -0.05) is 0 Å². The van der Waals surface area contributed by atoms with Crippen molar-refractivity contribution in [2.24, 2.45) is 5.73 Å². The predicted octanol–water partition coefficient (Wildman–Crippen LogP) is -2.44. The number of ether oxygens (including phenoxy) is 1. The molecule has 1 aromatic rings. The van der Waals surface area contributed by atoms with E-state index < -0.39 is 42.6 Å². The highest BCUT2D eigenvalue weighted by Gasteiger charge is 2.43. The smallest absolute Gasteiger partial charge is 0.252 e. The Labute approximate surface area is 107 Å². The Kier molecular flexibility index (Phi) is 3.67. The molecule has 4 atom stereocenters. The van der Waals surface area contributed by atoms with E-state index in [9.17, 15) is 19.8 Å². The van der Waals surface area contributed by atoms with Crippen molar-refractivity contribution in [1.29, 1.82) is 0 Å². The zero-order valence-corrected chi connectivity index (χ0v) is 9.84. The van der Waals surface area contributed by atoms with Crippen LogP contribution in [0.4, 0.5) is 0 Å². The van der Waals surface area contributed by atoms with Gasteiger partial charge < -0.3 is 25.8 Å². The second-order valence-electron chi connectivity index (χ2n) is 4.26. The van der Waals surface area contributed by atoms with E-state index in [0.29, 0.717) is 0 Å². The molecule has 8 heteroatoms. The average Bonchev–Trinajstić information content (AvgIpc) is 2.66. The maximum absolute atomic E-state index is 11.7. The Morgan fingerprint density at radius 3 is 2.58 bits per heavy atom. The lowest BCUT2D eigenvalue weighted by Crippen LogP contribution is -2.35. The summed E-state index contributed by atoms with van der Waals surface area (Å²) < 4.78 is 6.16. The van der Waals surface area contributed by atoms with Gasteiger partial charge in [0.1, 0.15) is 18.3 Å². The summed E-state index contributed by atoms with van der Waals surface area (Å²) >= 11 is 0. The van der Waals surface area contributed by atoms with Gasteiger partial charge in [-0.05, 0) is 6.07 Å². The molecule has 1 amide bonds. The van der Waals surface area contributed by atoms with Crippen molar-refractivity contribution in [3.8, 4) is 0 Å². The molecule has 2 rings (SSSR count). The third-order valence-electron chi connectivity index (χ3n) is 3.01. The number of nitrogens with zero attached hydrogens (tertiary/aromatic N) is 1. The van der Waals surface area contributed by atoms with Crippen LogP contribution in [0, 0.1) is 0 Å². The predicted molar refractivity (Wildman–Crippen MR) is 62.2 cm³/mol. The highest BCUT2D eigenvalue weighted by molar-refractivity contribution is 5.92. The van der Waals surface area contributed by atoms with E-state index in [0.717, 1.165) is 16.8 Å². The lowest BCUT2D eigenvalue weighted by atomic mass is 10.1. The average molecular weight is 270 g/mol. The first kappa shape index (κ1) is 13.7. The second kappa shape index (κ2) is 5.10. The molecule has 1 aliphatic heterocycles. The Bertz CT molecular complexity index is 542. The van der Waals surface area contributed by atoms with Crippen molar-refractivity contribution in [1.82, 2.24) is 4.57 Å². The fourth-order valence-corrected chi connectivity index (χ4v) is 1.96. The molecule has 1 aromatic heterocycles. The van der Waals surface area contributed by atoms with Gasteiger partial charge in [0.05, 0.1) is 12.2 Å². The third-order valence-corrected chi connectivity index (χ3v) is 3.01. The van der Waals surface area contributed by atoms with Crippen LogP contribution in [0.1, 0.15) is 16.6 Å². The molecule has 5 N–H and O–H groups in total. The number of rotatable bonds is 3. The van der Waals surface area contributed by atoms with Crippen LogP contribution in [0.25, 0.3) is 0 Å². The second-order valence-corrected chi connectivity index (χ2v) is 4.26. The largest absolute Gasteiger partial charge is 0.394 e. The van der Waals surface area contributed by atoms with Crippen LogP contribution in [-0.4, -0.2) is 50.7 Å². The van der Waals surface area contributed by atoms with Gasteiger partial charge in [-0.15, -0.1) is 0 Å². The zero-order chi connectivity index (χ0) is 14.2. The number of aliphatic hydroxyl groups is 3. The first-order valence-corrected chi connectivity index (χ1v) is 5.60. The Balaban J connectivity index is 2.39. The van der Waals surface area contributed by atoms with Crippen molar-refractivity contribution in [2.75, 3.05) is 6.61 Å². The van der Waals surface area contributed by atoms with Gasteiger partial charge in [0.2, 0.25) is 5.91 Å². The molecule has 104 valence electrons. The van der Waals surface area contributed by atoms with Crippen molar-refractivity contribution >= 4 is 5.91 Å². The topological polar surface area (TPSA) is 135 Å². The van der Waals surface area contributed by atoms with E-state index in [1.54, 1.807) is 0 Å². The number of carbonyl (C=O) groups is 1. The quantitative estimate of drug-likeness (QED) is 0.482. The van der Waals surface area contributed by atoms with Gasteiger partial charge >= 0.3 is 0 Å². The lowest BCUT2D eigenvalue weighted by Gasteiger charge is -2.17. The number of amides is 1. The standard InChI is InChI=1S/C11H14N2O6/c12-10(18)5-1-2-7(15)13(3-5)11-9(17)8(16)6(4-14)19-11/h1-3,6,8-9,11,14,16-17H,4H2,(H2,12,18)/t6-,8+,9-,11+/m0/s1. The van der Waals surface area contributed by atoms with Crippen LogP contribution in [-0.2, 0) is 4.74 Å². The molecule has 0 unspecified atom stereocenters. The molecule has 0 radical (unpaired) electrons. The Morgan fingerprint density at radius 2 is 2.05 bits per heavy atom. The summed E-state index contributed by atoms with van der Waals surface area (Å²) in [6, 6.07) is 2.36. The molecule has 0 spiro atoms. The molecule has 0 aromatic carbocycles. The number of pyridine rings is 1. The van der Waals surface area contributed by atoms with E-state index in [2.05, 4.69) is 0 Å². The summed E-state index contributed by atoms with van der Waals surface area (Å²) in [7, 11) is 0. The number of aliphatic hydroxyl groups excluding tert-OH is 3. The first-order chi connectivity index (χ1) is 8.95. The van der Waals surface area contributed by atoms with E-state index in [4.69, 9.17) is 15.6 Å². The summed E-state index contributed by atoms with van der Waals surface area (Å²) in [4.78, 5) is 22.8. The van der Waals surface area contributed by atoms with Gasteiger partial charge in [0.15, 0.2) is 6.23 Å². The molecule has 2 heterocycles. The van der Waals surface area contributed by atoms with Gasteiger partial charge in [0, 0.05) is 12.3 Å². The van der Waals surface area contributed by atoms with Crippen molar-refractivity contribution in [2.45, 2.75) is 24.5 Å². The molecule has 0 saturated carbocycles. The van der Waals surface area contributed by atoms with Crippen molar-refractivity contribution < 1.29 is 24.9 Å². The minimum Gasteiger partial charge on any atom is -0.394 e. The van der Waals surface area contributed by atoms with Gasteiger partial charge in [-0.3, -0.25) is 14.2 Å². The van der Waals surface area contributed by atoms with Crippen molar-refractivity contribution in [3.63, 3.8) is 0 Å². The summed E-state index contributed by atoms with van der Waals surface area (Å²) in [5.74, 6) is -0.736. The Morgan fingerprint density at radius 1 is 1.37 bits per heavy atom. The number of nitrogens with two attached hydrogens (primary N) is 1. The lowest BCUT2D eigenvalue weighted by molar-refractivity contribution is -0.0544. The van der Waals surface area contributed by atoms with Gasteiger partial charge in [-0.2, -0.15) is 0 Å². The number of aromatic nitrogens is 1. The van der Waals surface area contributed by atoms with Crippen LogP contribution >= 0.6 is 0 Å². The zero-order valence-electron chi connectivity index (χ0n) is 9.84. The minimum absolute atomic E-state index is 0.0670. The number of hydrogen-bond donors (Lipinski definition) is 4. The minimum atomic E-state index is -1.39. The van der Waals surface area contributed by atoms with Crippen LogP contribution in [0.15, 0.2) is 23.1 Å². The third kappa shape index (κ3) is 2.38. The first-order valence-electron chi connectivity index (χ1n) is 5.60. The van der Waals surface area contributed by atoms with Gasteiger partial charge in [0.25, 0.3) is 5.56 Å². The van der Waals surface area contributed by atoms with Gasteiger partial charge in [-0.25, -0.2) is 0 Å². The van der Waals surface area contributed by atoms with E-state index >= 15 is 0 Å². The number of hydrogen-bond acceptors (Lipinski definition) is 6. The van der Waals surface area contributed by atoms with E-state index in [1.807, 2.05) is 0 Å². The number of carbonyl (C=O) groups excluding carboxylic acids is 1. The molecule has 1 fully saturated rings.